The summed E-state index contributed by atoms with van der Waals surface area (Å²) in [5.74, 6) is -0.826. The lowest BCUT2D eigenvalue weighted by molar-refractivity contribution is -0.158. The molecule has 4 rings (SSSR count). The maximum Gasteiger partial charge on any atom is 0.222 e. The van der Waals surface area contributed by atoms with Crippen LogP contribution in [0.25, 0.3) is 0 Å². The Bertz CT molecular complexity index is 944. The van der Waals surface area contributed by atoms with Crippen LogP contribution in [0.5, 0.6) is 0 Å². The first kappa shape index (κ1) is 23.8. The summed E-state index contributed by atoms with van der Waals surface area (Å²) in [4.78, 5) is 14.5. The number of nitrogens with zero attached hydrogens (tertiary/aromatic N) is 1. The Morgan fingerprint density at radius 2 is 1.73 bits per heavy atom. The number of amides is 1. The minimum atomic E-state index is -0.667. The average Bonchev–Trinajstić information content (AvgIpc) is 2.79. The van der Waals surface area contributed by atoms with Crippen molar-refractivity contribution in [2.75, 3.05) is 19.8 Å². The second-order valence-corrected chi connectivity index (χ2v) is 8.73. The standard InChI is InChI=1S/C25H30F2N2O4/c26-21-7-3-1-5-17(21)12-28-25(31)11-20-9-10-23-24(33-20)16-32-15-19(30)14-29(23)13-18-6-2-4-8-22(18)27/h1-8,19-20,23-24,30H,9-16H2,(H,28,31)/t19-,20+,23+,24-/m1/s1. The molecule has 2 aliphatic heterocycles. The number of β-amino-alcohol motifs (C(OH)–C–C–N with tert-alkyl or cyclic N) is 1. The number of fused-ring (bicyclic) bond motifs is 1. The molecule has 2 N–H and O–H groups in total. The van der Waals surface area contributed by atoms with Crippen molar-refractivity contribution in [2.24, 2.45) is 0 Å². The second kappa shape index (κ2) is 11.2. The molecule has 4 atom stereocenters. The molecule has 8 heteroatoms. The summed E-state index contributed by atoms with van der Waals surface area (Å²) in [5, 5.41) is 13.0. The van der Waals surface area contributed by atoms with Crippen LogP contribution in [-0.2, 0) is 27.4 Å². The minimum Gasteiger partial charge on any atom is -0.389 e. The van der Waals surface area contributed by atoms with Gasteiger partial charge in [0.25, 0.3) is 0 Å². The molecular formula is C25H30F2N2O4. The van der Waals surface area contributed by atoms with Gasteiger partial charge in [-0.1, -0.05) is 36.4 Å². The Kier molecular flexibility index (Phi) is 8.03. The predicted octanol–water partition coefficient (Wildman–Crippen LogP) is 2.78. The summed E-state index contributed by atoms with van der Waals surface area (Å²) in [6.07, 6.45) is 0.323. The van der Waals surface area contributed by atoms with E-state index in [4.69, 9.17) is 9.47 Å². The fraction of sp³-hybridized carbons (Fsp3) is 0.480. The molecule has 0 aromatic heterocycles. The van der Waals surface area contributed by atoms with E-state index in [0.29, 0.717) is 37.2 Å². The van der Waals surface area contributed by atoms with Crippen molar-refractivity contribution in [3.8, 4) is 0 Å². The summed E-state index contributed by atoms with van der Waals surface area (Å²) in [5.41, 5.74) is 1.01. The number of nitrogens with one attached hydrogen (secondary N) is 1. The molecule has 2 aromatic rings. The molecule has 0 spiro atoms. The van der Waals surface area contributed by atoms with E-state index in [9.17, 15) is 18.7 Å². The van der Waals surface area contributed by atoms with E-state index in [0.717, 1.165) is 6.42 Å². The summed E-state index contributed by atoms with van der Waals surface area (Å²) >= 11 is 0. The van der Waals surface area contributed by atoms with E-state index >= 15 is 0 Å². The number of benzene rings is 2. The van der Waals surface area contributed by atoms with Crippen LogP contribution in [0, 0.1) is 11.6 Å². The number of aliphatic hydroxyl groups excluding tert-OH is 1. The third kappa shape index (κ3) is 6.35. The van der Waals surface area contributed by atoms with E-state index in [1.165, 1.54) is 12.1 Å². The Hall–Kier alpha value is -2.39. The van der Waals surface area contributed by atoms with Gasteiger partial charge in [-0.15, -0.1) is 0 Å². The van der Waals surface area contributed by atoms with Crippen LogP contribution in [0.15, 0.2) is 48.5 Å². The van der Waals surface area contributed by atoms with Crippen LogP contribution >= 0.6 is 0 Å². The lowest BCUT2D eigenvalue weighted by Gasteiger charge is -2.44. The maximum atomic E-state index is 14.3. The van der Waals surface area contributed by atoms with Gasteiger partial charge in [-0.3, -0.25) is 9.69 Å². The molecule has 1 amide bonds. The van der Waals surface area contributed by atoms with Gasteiger partial charge in [0.2, 0.25) is 5.91 Å². The SMILES string of the molecule is O=C(C[C@@H]1CC[C@H]2[C@@H](COC[C@H](O)CN2Cc2ccccc2F)O1)NCc1ccccc1F. The van der Waals surface area contributed by atoms with Crippen LogP contribution in [0.2, 0.25) is 0 Å². The zero-order valence-electron chi connectivity index (χ0n) is 18.5. The fourth-order valence-electron chi connectivity index (χ4n) is 4.59. The van der Waals surface area contributed by atoms with Crippen molar-refractivity contribution >= 4 is 5.91 Å². The molecule has 0 radical (unpaired) electrons. The number of carbonyl (C=O) groups excluding carboxylic acids is 1. The van der Waals surface area contributed by atoms with Crippen LogP contribution in [0.3, 0.4) is 0 Å². The van der Waals surface area contributed by atoms with Crippen molar-refractivity contribution in [3.05, 3.63) is 71.3 Å². The number of carbonyl (C=O) groups is 1. The molecule has 2 heterocycles. The van der Waals surface area contributed by atoms with E-state index < -0.39 is 6.10 Å². The highest BCUT2D eigenvalue weighted by Crippen LogP contribution is 2.29. The summed E-state index contributed by atoms with van der Waals surface area (Å²) < 4.78 is 39.9. The smallest absolute Gasteiger partial charge is 0.222 e. The molecule has 0 bridgehead atoms. The monoisotopic (exact) mass is 460 g/mol. The van der Waals surface area contributed by atoms with E-state index in [1.807, 2.05) is 0 Å². The normalized spacial score (nSPS) is 26.2. The van der Waals surface area contributed by atoms with Crippen LogP contribution in [-0.4, -0.2) is 60.0 Å². The third-order valence-electron chi connectivity index (χ3n) is 6.27. The molecule has 0 saturated carbocycles. The molecule has 2 fully saturated rings. The van der Waals surface area contributed by atoms with Crippen molar-refractivity contribution in [1.29, 1.82) is 0 Å². The zero-order chi connectivity index (χ0) is 23.2. The van der Waals surface area contributed by atoms with E-state index in [1.54, 1.807) is 36.4 Å². The van der Waals surface area contributed by atoms with Crippen molar-refractivity contribution in [3.63, 3.8) is 0 Å². The van der Waals surface area contributed by atoms with Gasteiger partial charge in [-0.2, -0.15) is 0 Å². The summed E-state index contributed by atoms with van der Waals surface area (Å²) in [6, 6.07) is 12.9. The van der Waals surface area contributed by atoms with Gasteiger partial charge in [0.05, 0.1) is 37.9 Å². The Balaban J connectivity index is 1.36. The highest BCUT2D eigenvalue weighted by molar-refractivity contribution is 5.76. The number of hydrogen-bond donors (Lipinski definition) is 2. The number of rotatable bonds is 6. The molecule has 0 unspecified atom stereocenters. The average molecular weight is 461 g/mol. The largest absolute Gasteiger partial charge is 0.389 e. The van der Waals surface area contributed by atoms with Gasteiger partial charge in [-0.25, -0.2) is 8.78 Å². The molecule has 2 aliphatic rings. The highest BCUT2D eigenvalue weighted by atomic mass is 19.1. The van der Waals surface area contributed by atoms with E-state index in [2.05, 4.69) is 10.2 Å². The van der Waals surface area contributed by atoms with Gasteiger partial charge in [0, 0.05) is 36.8 Å². The second-order valence-electron chi connectivity index (χ2n) is 8.73. The number of hydrogen-bond acceptors (Lipinski definition) is 5. The van der Waals surface area contributed by atoms with Gasteiger partial charge >= 0.3 is 0 Å². The molecule has 2 aromatic carbocycles. The first-order valence-electron chi connectivity index (χ1n) is 11.4. The lowest BCUT2D eigenvalue weighted by atomic mass is 9.94. The molecule has 178 valence electrons. The van der Waals surface area contributed by atoms with Gasteiger partial charge in [0.1, 0.15) is 11.6 Å². The van der Waals surface area contributed by atoms with Crippen molar-refractivity contribution in [1.82, 2.24) is 10.2 Å². The summed E-state index contributed by atoms with van der Waals surface area (Å²) in [6.45, 7) is 1.31. The molecular weight excluding hydrogens is 430 g/mol. The first-order chi connectivity index (χ1) is 16.0. The molecule has 2 saturated heterocycles. The minimum absolute atomic E-state index is 0.0581. The lowest BCUT2D eigenvalue weighted by Crippen LogP contribution is -2.55. The van der Waals surface area contributed by atoms with Gasteiger partial charge < -0.3 is 19.9 Å². The van der Waals surface area contributed by atoms with Crippen molar-refractivity contribution < 1.29 is 28.2 Å². The molecule has 0 aliphatic carbocycles. The maximum absolute atomic E-state index is 14.3. The molecule has 6 nitrogen and oxygen atoms in total. The molecule has 33 heavy (non-hydrogen) atoms. The van der Waals surface area contributed by atoms with Crippen LogP contribution < -0.4 is 5.32 Å². The fourth-order valence-corrected chi connectivity index (χ4v) is 4.59. The van der Waals surface area contributed by atoms with Gasteiger partial charge in [0.15, 0.2) is 0 Å². The Morgan fingerprint density at radius 3 is 2.45 bits per heavy atom. The zero-order valence-corrected chi connectivity index (χ0v) is 18.5. The topological polar surface area (TPSA) is 71.0 Å². The third-order valence-corrected chi connectivity index (χ3v) is 6.27. The highest BCUT2D eigenvalue weighted by Gasteiger charge is 2.38. The number of ether oxygens (including phenoxy) is 2. The van der Waals surface area contributed by atoms with Crippen LogP contribution in [0.4, 0.5) is 8.78 Å². The van der Waals surface area contributed by atoms with E-state index in [-0.39, 0.29) is 55.4 Å². The quantitative estimate of drug-likeness (QED) is 0.694. The number of halogens is 2. The van der Waals surface area contributed by atoms with Crippen LogP contribution in [0.1, 0.15) is 30.4 Å². The Labute approximate surface area is 192 Å². The summed E-state index contributed by atoms with van der Waals surface area (Å²) in [7, 11) is 0. The Morgan fingerprint density at radius 1 is 1.03 bits per heavy atom. The van der Waals surface area contributed by atoms with Gasteiger partial charge in [-0.05, 0) is 25.0 Å². The number of aliphatic hydroxyl groups is 1. The first-order valence-corrected chi connectivity index (χ1v) is 11.4. The predicted molar refractivity (Wildman–Crippen MR) is 118 cm³/mol. The van der Waals surface area contributed by atoms with Crippen molar-refractivity contribution in [2.45, 2.75) is 56.7 Å².